The summed E-state index contributed by atoms with van der Waals surface area (Å²) in [7, 11) is -1.87. The van der Waals surface area contributed by atoms with Gasteiger partial charge in [0.15, 0.2) is 0 Å². The van der Waals surface area contributed by atoms with Gasteiger partial charge in [-0.1, -0.05) is 12.1 Å². The minimum absolute atomic E-state index is 0.0785. The number of aliphatic carboxylic acids is 1. The largest absolute Gasteiger partial charge is 0.497 e. The van der Waals surface area contributed by atoms with Gasteiger partial charge in [0, 0.05) is 13.1 Å². The first-order valence-corrected chi connectivity index (χ1v) is 8.96. The third kappa shape index (κ3) is 5.19. The summed E-state index contributed by atoms with van der Waals surface area (Å²) in [5, 5.41) is 8.59. The first-order chi connectivity index (χ1) is 10.9. The lowest BCUT2D eigenvalue weighted by molar-refractivity contribution is -0.145. The molecule has 0 aliphatic carbocycles. The van der Waals surface area contributed by atoms with E-state index in [9.17, 15) is 13.2 Å². The van der Waals surface area contributed by atoms with Crippen molar-refractivity contribution in [3.63, 3.8) is 0 Å². The van der Waals surface area contributed by atoms with Crippen LogP contribution in [0.1, 0.15) is 18.4 Å². The van der Waals surface area contributed by atoms with Crippen molar-refractivity contribution in [2.75, 3.05) is 26.8 Å². The molecular formula is C15H21NO6S. The maximum Gasteiger partial charge on any atom is 0.329 e. The summed E-state index contributed by atoms with van der Waals surface area (Å²) in [5.74, 6) is -0.471. The molecule has 1 N–H and O–H groups in total. The highest BCUT2D eigenvalue weighted by atomic mass is 32.2. The summed E-state index contributed by atoms with van der Waals surface area (Å²) < 4.78 is 36.7. The molecule has 0 unspecified atom stereocenters. The van der Waals surface area contributed by atoms with E-state index in [1.54, 1.807) is 24.3 Å². The van der Waals surface area contributed by atoms with Crippen molar-refractivity contribution in [1.82, 2.24) is 4.31 Å². The molecule has 1 aliphatic heterocycles. The predicted octanol–water partition coefficient (Wildman–Crippen LogP) is 1.09. The van der Waals surface area contributed by atoms with Crippen molar-refractivity contribution in [2.24, 2.45) is 0 Å². The quantitative estimate of drug-likeness (QED) is 0.797. The van der Waals surface area contributed by atoms with E-state index < -0.39 is 16.0 Å². The summed E-state index contributed by atoms with van der Waals surface area (Å²) >= 11 is 0. The highest BCUT2D eigenvalue weighted by Gasteiger charge is 2.28. The molecule has 8 heteroatoms. The van der Waals surface area contributed by atoms with Gasteiger partial charge in [-0.05, 0) is 30.5 Å². The van der Waals surface area contributed by atoms with Gasteiger partial charge in [-0.25, -0.2) is 17.5 Å². The number of carbonyl (C=O) groups is 1. The number of benzene rings is 1. The normalized spacial score (nSPS) is 17.1. The van der Waals surface area contributed by atoms with Gasteiger partial charge in [0.05, 0.1) is 19.0 Å². The van der Waals surface area contributed by atoms with Crippen LogP contribution in [-0.2, 0) is 25.3 Å². The van der Waals surface area contributed by atoms with Crippen LogP contribution in [0.5, 0.6) is 5.75 Å². The van der Waals surface area contributed by atoms with Crippen molar-refractivity contribution in [1.29, 1.82) is 0 Å². The van der Waals surface area contributed by atoms with Gasteiger partial charge in [0.25, 0.3) is 0 Å². The Balaban J connectivity index is 1.92. The van der Waals surface area contributed by atoms with E-state index in [2.05, 4.69) is 0 Å². The maximum atomic E-state index is 12.5. The first kappa shape index (κ1) is 17.7. The van der Waals surface area contributed by atoms with E-state index in [1.807, 2.05) is 0 Å². The average Bonchev–Trinajstić information content (AvgIpc) is 2.53. The van der Waals surface area contributed by atoms with Crippen molar-refractivity contribution in [3.8, 4) is 5.75 Å². The molecule has 0 spiro atoms. The van der Waals surface area contributed by atoms with Gasteiger partial charge < -0.3 is 14.6 Å². The van der Waals surface area contributed by atoms with Crippen molar-refractivity contribution >= 4 is 16.0 Å². The fourth-order valence-electron chi connectivity index (χ4n) is 2.53. The SMILES string of the molecule is COc1cccc(CS(=O)(=O)N2CCC(OCC(=O)O)CC2)c1. The van der Waals surface area contributed by atoms with Crippen LogP contribution in [-0.4, -0.2) is 56.7 Å². The van der Waals surface area contributed by atoms with E-state index in [-0.39, 0.29) is 18.5 Å². The molecule has 2 rings (SSSR count). The molecule has 1 aromatic carbocycles. The third-order valence-electron chi connectivity index (χ3n) is 3.72. The molecule has 0 aromatic heterocycles. The Labute approximate surface area is 135 Å². The lowest BCUT2D eigenvalue weighted by atomic mass is 10.1. The van der Waals surface area contributed by atoms with Crippen LogP contribution in [0.2, 0.25) is 0 Å². The second-order valence-corrected chi connectivity index (χ2v) is 7.38. The zero-order valence-electron chi connectivity index (χ0n) is 13.0. The third-order valence-corrected chi connectivity index (χ3v) is 5.57. The zero-order chi connectivity index (χ0) is 16.9. The van der Waals surface area contributed by atoms with Gasteiger partial charge in [-0.2, -0.15) is 0 Å². The van der Waals surface area contributed by atoms with Gasteiger partial charge in [-0.3, -0.25) is 0 Å². The molecule has 1 heterocycles. The van der Waals surface area contributed by atoms with E-state index in [4.69, 9.17) is 14.6 Å². The van der Waals surface area contributed by atoms with E-state index in [0.29, 0.717) is 37.2 Å². The average molecular weight is 343 g/mol. The highest BCUT2D eigenvalue weighted by molar-refractivity contribution is 7.88. The van der Waals surface area contributed by atoms with Gasteiger partial charge in [-0.15, -0.1) is 0 Å². The molecular weight excluding hydrogens is 322 g/mol. The Kier molecular flexibility index (Phi) is 5.97. The van der Waals surface area contributed by atoms with Crippen molar-refractivity contribution in [2.45, 2.75) is 24.7 Å². The van der Waals surface area contributed by atoms with Crippen LogP contribution >= 0.6 is 0 Å². The number of hydrogen-bond donors (Lipinski definition) is 1. The second-order valence-electron chi connectivity index (χ2n) is 5.41. The summed E-state index contributed by atoms with van der Waals surface area (Å²) in [6, 6.07) is 6.99. The van der Waals surface area contributed by atoms with Crippen LogP contribution in [0.4, 0.5) is 0 Å². The highest BCUT2D eigenvalue weighted by Crippen LogP contribution is 2.21. The predicted molar refractivity (Wildman–Crippen MR) is 83.8 cm³/mol. The number of hydrogen-bond acceptors (Lipinski definition) is 5. The molecule has 0 saturated carbocycles. The molecule has 1 aliphatic rings. The molecule has 23 heavy (non-hydrogen) atoms. The number of ether oxygens (including phenoxy) is 2. The smallest absolute Gasteiger partial charge is 0.329 e. The molecule has 0 amide bonds. The molecule has 1 saturated heterocycles. The zero-order valence-corrected chi connectivity index (χ0v) is 13.8. The first-order valence-electron chi connectivity index (χ1n) is 7.35. The Bertz CT molecular complexity index is 637. The molecule has 128 valence electrons. The molecule has 7 nitrogen and oxygen atoms in total. The number of nitrogens with zero attached hydrogens (tertiary/aromatic N) is 1. The minimum Gasteiger partial charge on any atom is -0.497 e. The maximum absolute atomic E-state index is 12.5. The van der Waals surface area contributed by atoms with E-state index >= 15 is 0 Å². The van der Waals surface area contributed by atoms with Gasteiger partial charge in [0.1, 0.15) is 12.4 Å². The topological polar surface area (TPSA) is 93.1 Å². The Morgan fingerprint density at radius 2 is 2.04 bits per heavy atom. The van der Waals surface area contributed by atoms with E-state index in [0.717, 1.165) is 0 Å². The summed E-state index contributed by atoms with van der Waals surface area (Å²) in [4.78, 5) is 10.5. The van der Waals surface area contributed by atoms with Crippen molar-refractivity contribution in [3.05, 3.63) is 29.8 Å². The number of carboxylic acid groups (broad SMARTS) is 1. The number of carboxylic acids is 1. The minimum atomic E-state index is -3.41. The summed E-state index contributed by atoms with van der Waals surface area (Å²) in [6.45, 7) is 0.342. The van der Waals surface area contributed by atoms with Crippen LogP contribution in [0.15, 0.2) is 24.3 Å². The lowest BCUT2D eigenvalue weighted by Crippen LogP contribution is -2.41. The fourth-order valence-corrected chi connectivity index (χ4v) is 4.08. The lowest BCUT2D eigenvalue weighted by Gasteiger charge is -2.30. The summed E-state index contributed by atoms with van der Waals surface area (Å²) in [5.41, 5.74) is 0.675. The summed E-state index contributed by atoms with van der Waals surface area (Å²) in [6.07, 6.45) is 0.810. The fraction of sp³-hybridized carbons (Fsp3) is 0.533. The molecule has 1 aromatic rings. The van der Waals surface area contributed by atoms with Crippen molar-refractivity contribution < 1.29 is 27.8 Å². The van der Waals surface area contributed by atoms with E-state index in [1.165, 1.54) is 11.4 Å². The Morgan fingerprint density at radius 1 is 1.35 bits per heavy atom. The van der Waals surface area contributed by atoms with Crippen LogP contribution < -0.4 is 4.74 Å². The monoisotopic (exact) mass is 343 g/mol. The second kappa shape index (κ2) is 7.76. The number of piperidine rings is 1. The Morgan fingerprint density at radius 3 is 2.65 bits per heavy atom. The van der Waals surface area contributed by atoms with Crippen LogP contribution in [0.25, 0.3) is 0 Å². The Hall–Kier alpha value is -1.64. The molecule has 0 atom stereocenters. The van der Waals surface area contributed by atoms with Crippen LogP contribution in [0, 0.1) is 0 Å². The standard InChI is InChI=1S/C15H21NO6S/c1-21-14-4-2-3-12(9-14)11-23(19,20)16-7-5-13(6-8-16)22-10-15(17)18/h2-4,9,13H,5-8,10-11H2,1H3,(H,17,18). The molecule has 0 bridgehead atoms. The van der Waals surface area contributed by atoms with Crippen LogP contribution in [0.3, 0.4) is 0 Å². The van der Waals surface area contributed by atoms with Gasteiger partial charge >= 0.3 is 5.97 Å². The number of rotatable bonds is 7. The molecule has 1 fully saturated rings. The van der Waals surface area contributed by atoms with Gasteiger partial charge in [0.2, 0.25) is 10.0 Å². The number of sulfonamides is 1. The molecule has 0 radical (unpaired) electrons. The number of methoxy groups -OCH3 is 1.